The summed E-state index contributed by atoms with van der Waals surface area (Å²) >= 11 is 0. The normalized spacial score (nSPS) is 25.4. The average Bonchev–Trinajstić information content (AvgIpc) is 2.81. The number of carbonyl (C=O) groups excluding carboxylic acids is 1. The lowest BCUT2D eigenvalue weighted by Crippen LogP contribution is -2.34. The maximum absolute atomic E-state index is 11.7. The van der Waals surface area contributed by atoms with Gasteiger partial charge in [0.05, 0.1) is 11.7 Å². The van der Waals surface area contributed by atoms with E-state index in [4.69, 9.17) is 5.73 Å². The van der Waals surface area contributed by atoms with Gasteiger partial charge < -0.3 is 10.6 Å². The first-order chi connectivity index (χ1) is 7.69. The number of amides is 1. The monoisotopic (exact) mass is 222 g/mol. The second-order valence-corrected chi connectivity index (χ2v) is 4.06. The third-order valence-corrected chi connectivity index (χ3v) is 3.16. The van der Waals surface area contributed by atoms with Crippen molar-refractivity contribution in [1.29, 1.82) is 0 Å². The third-order valence-electron chi connectivity index (χ3n) is 3.16. The molecule has 2 N–H and O–H groups in total. The van der Waals surface area contributed by atoms with Crippen LogP contribution in [0, 0.1) is 0 Å². The van der Waals surface area contributed by atoms with Crippen molar-refractivity contribution in [3.05, 3.63) is 18.0 Å². The van der Waals surface area contributed by atoms with Crippen molar-refractivity contribution in [3.8, 4) is 0 Å². The number of nitrogens with two attached hydrogens (primary N) is 1. The Balaban J connectivity index is 2.35. The van der Waals surface area contributed by atoms with Crippen LogP contribution in [0.15, 0.2) is 12.3 Å². The summed E-state index contributed by atoms with van der Waals surface area (Å²) in [6, 6.07) is 1.82. The van der Waals surface area contributed by atoms with Gasteiger partial charge >= 0.3 is 0 Å². The second kappa shape index (κ2) is 4.25. The summed E-state index contributed by atoms with van der Waals surface area (Å²) in [5.41, 5.74) is 7.09. The van der Waals surface area contributed by atoms with Gasteiger partial charge in [0.2, 0.25) is 5.91 Å². The molecule has 1 aromatic rings. The molecule has 2 rings (SSSR count). The highest BCUT2D eigenvalue weighted by Crippen LogP contribution is 2.31. The van der Waals surface area contributed by atoms with Crippen LogP contribution < -0.4 is 5.73 Å². The van der Waals surface area contributed by atoms with Crippen LogP contribution in [-0.4, -0.2) is 33.2 Å². The molecule has 0 bridgehead atoms. The van der Waals surface area contributed by atoms with Crippen LogP contribution in [0.2, 0.25) is 0 Å². The lowest BCUT2D eigenvalue weighted by atomic mass is 10.1. The van der Waals surface area contributed by atoms with Crippen LogP contribution in [0.25, 0.3) is 0 Å². The molecule has 0 radical (unpaired) electrons. The van der Waals surface area contributed by atoms with Crippen LogP contribution in [0.1, 0.15) is 32.0 Å². The van der Waals surface area contributed by atoms with Crippen molar-refractivity contribution in [2.45, 2.75) is 38.9 Å². The zero-order valence-electron chi connectivity index (χ0n) is 9.76. The number of carbonyl (C=O) groups is 1. The van der Waals surface area contributed by atoms with Crippen LogP contribution in [0.4, 0.5) is 0 Å². The minimum absolute atomic E-state index is 0.0139. The first kappa shape index (κ1) is 11.1. The SMILES string of the molecule is CCN1C(=O)CC(N)C1c1ccnn1CC. The fourth-order valence-corrected chi connectivity index (χ4v) is 2.43. The highest BCUT2D eigenvalue weighted by Gasteiger charge is 2.39. The Morgan fingerprint density at radius 2 is 2.25 bits per heavy atom. The molecule has 2 atom stereocenters. The van der Waals surface area contributed by atoms with Crippen LogP contribution >= 0.6 is 0 Å². The Morgan fingerprint density at radius 3 is 2.88 bits per heavy atom. The van der Waals surface area contributed by atoms with E-state index >= 15 is 0 Å². The topological polar surface area (TPSA) is 64.2 Å². The fraction of sp³-hybridized carbons (Fsp3) is 0.636. The number of likely N-dealkylation sites (N-methyl/N-ethyl adjacent to an activating group) is 1. The summed E-state index contributed by atoms with van der Waals surface area (Å²) in [5, 5.41) is 4.23. The first-order valence-electron chi connectivity index (χ1n) is 5.75. The molecule has 1 aromatic heterocycles. The van der Waals surface area contributed by atoms with Gasteiger partial charge in [0.1, 0.15) is 0 Å². The zero-order chi connectivity index (χ0) is 11.7. The Bertz CT molecular complexity index is 387. The molecule has 1 saturated heterocycles. The molecule has 0 aliphatic carbocycles. The largest absolute Gasteiger partial charge is 0.333 e. The van der Waals surface area contributed by atoms with E-state index in [1.165, 1.54) is 0 Å². The van der Waals surface area contributed by atoms with Gasteiger partial charge in [-0.3, -0.25) is 9.48 Å². The van der Waals surface area contributed by atoms with Gasteiger partial charge in [0.15, 0.2) is 0 Å². The highest BCUT2D eigenvalue weighted by molar-refractivity contribution is 5.80. The molecule has 1 amide bonds. The second-order valence-electron chi connectivity index (χ2n) is 4.06. The van der Waals surface area contributed by atoms with Crippen molar-refractivity contribution < 1.29 is 4.79 Å². The molecule has 5 nitrogen and oxygen atoms in total. The lowest BCUT2D eigenvalue weighted by molar-refractivity contribution is -0.128. The van der Waals surface area contributed by atoms with Crippen LogP contribution in [0.3, 0.4) is 0 Å². The Labute approximate surface area is 95.2 Å². The van der Waals surface area contributed by atoms with E-state index in [9.17, 15) is 4.79 Å². The highest BCUT2D eigenvalue weighted by atomic mass is 16.2. The molecule has 0 saturated carbocycles. The number of rotatable bonds is 3. The van der Waals surface area contributed by atoms with Crippen molar-refractivity contribution in [2.24, 2.45) is 5.73 Å². The molecule has 0 aromatic carbocycles. The predicted octanol–water partition coefficient (Wildman–Crippen LogP) is 0.524. The summed E-state index contributed by atoms with van der Waals surface area (Å²) < 4.78 is 1.91. The maximum atomic E-state index is 11.7. The molecule has 2 unspecified atom stereocenters. The molecule has 1 fully saturated rings. The van der Waals surface area contributed by atoms with Crippen molar-refractivity contribution >= 4 is 5.91 Å². The number of aryl methyl sites for hydroxylation is 1. The van der Waals surface area contributed by atoms with Crippen molar-refractivity contribution in [2.75, 3.05) is 6.54 Å². The zero-order valence-corrected chi connectivity index (χ0v) is 9.76. The molecule has 2 heterocycles. The average molecular weight is 222 g/mol. The Hall–Kier alpha value is -1.36. The van der Waals surface area contributed by atoms with Crippen molar-refractivity contribution in [3.63, 3.8) is 0 Å². The Morgan fingerprint density at radius 1 is 1.50 bits per heavy atom. The summed E-state index contributed by atoms with van der Waals surface area (Å²) in [4.78, 5) is 13.6. The molecule has 88 valence electrons. The number of hydrogen-bond acceptors (Lipinski definition) is 3. The number of likely N-dealkylation sites (tertiary alicyclic amines) is 1. The van der Waals surface area contributed by atoms with E-state index in [1.807, 2.05) is 29.5 Å². The first-order valence-corrected chi connectivity index (χ1v) is 5.75. The van der Waals surface area contributed by atoms with Crippen LogP contribution in [-0.2, 0) is 11.3 Å². The molecule has 16 heavy (non-hydrogen) atoms. The van der Waals surface area contributed by atoms with Gasteiger partial charge in [-0.1, -0.05) is 0 Å². The van der Waals surface area contributed by atoms with E-state index in [0.29, 0.717) is 13.0 Å². The van der Waals surface area contributed by atoms with E-state index in [0.717, 1.165) is 12.2 Å². The number of aromatic nitrogens is 2. The van der Waals surface area contributed by atoms with Gasteiger partial charge in [-0.25, -0.2) is 0 Å². The number of nitrogens with zero attached hydrogens (tertiary/aromatic N) is 3. The standard InChI is InChI=1S/C11H18N4O/c1-3-14-10(16)7-8(12)11(14)9-5-6-13-15(9)4-2/h5-6,8,11H,3-4,7,12H2,1-2H3. The minimum atomic E-state index is -0.116. The van der Waals surface area contributed by atoms with Crippen molar-refractivity contribution in [1.82, 2.24) is 14.7 Å². The predicted molar refractivity (Wildman–Crippen MR) is 60.6 cm³/mol. The van der Waals surface area contributed by atoms with Gasteiger partial charge in [-0.2, -0.15) is 5.10 Å². The Kier molecular flexibility index (Phi) is 2.96. The summed E-state index contributed by atoms with van der Waals surface area (Å²) in [6.07, 6.45) is 2.20. The van der Waals surface area contributed by atoms with E-state index in [2.05, 4.69) is 5.10 Å². The smallest absolute Gasteiger partial charge is 0.224 e. The summed E-state index contributed by atoms with van der Waals surface area (Å²) in [5.74, 6) is 0.142. The molecule has 5 heteroatoms. The number of hydrogen-bond donors (Lipinski definition) is 1. The van der Waals surface area contributed by atoms with E-state index in [-0.39, 0.29) is 18.0 Å². The third kappa shape index (κ3) is 1.61. The van der Waals surface area contributed by atoms with Crippen LogP contribution in [0.5, 0.6) is 0 Å². The minimum Gasteiger partial charge on any atom is -0.333 e. The lowest BCUT2D eigenvalue weighted by Gasteiger charge is -2.26. The molecule has 1 aliphatic heterocycles. The van der Waals surface area contributed by atoms with E-state index < -0.39 is 0 Å². The molecule has 0 spiro atoms. The quantitative estimate of drug-likeness (QED) is 0.811. The maximum Gasteiger partial charge on any atom is 0.224 e. The van der Waals surface area contributed by atoms with Gasteiger partial charge in [-0.05, 0) is 19.9 Å². The molecular formula is C11H18N4O. The molecular weight excluding hydrogens is 204 g/mol. The summed E-state index contributed by atoms with van der Waals surface area (Å²) in [7, 11) is 0. The van der Waals surface area contributed by atoms with Gasteiger partial charge in [-0.15, -0.1) is 0 Å². The fourth-order valence-electron chi connectivity index (χ4n) is 2.43. The van der Waals surface area contributed by atoms with Gasteiger partial charge in [0, 0.05) is 31.7 Å². The molecule has 1 aliphatic rings. The van der Waals surface area contributed by atoms with E-state index in [1.54, 1.807) is 6.20 Å². The van der Waals surface area contributed by atoms with Gasteiger partial charge in [0.25, 0.3) is 0 Å². The summed E-state index contributed by atoms with van der Waals surface area (Å²) in [6.45, 7) is 5.52.